The van der Waals surface area contributed by atoms with E-state index >= 15 is 0 Å². The molecule has 1 aliphatic carbocycles. The molecule has 0 bridgehead atoms. The molecule has 0 saturated heterocycles. The molecule has 100 valence electrons. The maximum absolute atomic E-state index is 13.4. The van der Waals surface area contributed by atoms with Crippen LogP contribution in [-0.4, -0.2) is 12.6 Å². The van der Waals surface area contributed by atoms with Crippen molar-refractivity contribution in [1.82, 2.24) is 0 Å². The molecule has 0 radical (unpaired) electrons. The Morgan fingerprint density at radius 3 is 2.50 bits per heavy atom. The number of hydrogen-bond acceptors (Lipinski definition) is 2. The standard InChI is InChI=1S/C12H14F4N2/c13-9-5-8(12(14,15)16)3-4-11(9)18-6-10(17)7-1-2-7/h3-5,7,10,18H,1-2,6,17H2. The van der Waals surface area contributed by atoms with Crippen LogP contribution < -0.4 is 11.1 Å². The zero-order chi connectivity index (χ0) is 13.3. The molecule has 1 aromatic rings. The molecular weight excluding hydrogens is 248 g/mol. The highest BCUT2D eigenvalue weighted by Gasteiger charge is 2.31. The third kappa shape index (κ3) is 3.13. The van der Waals surface area contributed by atoms with Crippen molar-refractivity contribution in [2.45, 2.75) is 25.1 Å². The number of nitrogens with one attached hydrogen (secondary N) is 1. The maximum Gasteiger partial charge on any atom is 0.416 e. The SMILES string of the molecule is NC(CNc1ccc(C(F)(F)F)cc1F)C1CC1. The van der Waals surface area contributed by atoms with Crippen LogP contribution in [-0.2, 0) is 6.18 Å². The van der Waals surface area contributed by atoms with Gasteiger partial charge in [-0.05, 0) is 37.0 Å². The van der Waals surface area contributed by atoms with E-state index < -0.39 is 17.6 Å². The zero-order valence-corrected chi connectivity index (χ0v) is 9.60. The van der Waals surface area contributed by atoms with Crippen molar-refractivity contribution in [3.63, 3.8) is 0 Å². The fourth-order valence-corrected chi connectivity index (χ4v) is 1.75. The van der Waals surface area contributed by atoms with Gasteiger partial charge >= 0.3 is 6.18 Å². The average molecular weight is 262 g/mol. The van der Waals surface area contributed by atoms with Gasteiger partial charge in [-0.25, -0.2) is 4.39 Å². The highest BCUT2D eigenvalue weighted by molar-refractivity contribution is 5.47. The summed E-state index contributed by atoms with van der Waals surface area (Å²) in [5.74, 6) is -0.456. The van der Waals surface area contributed by atoms with Crippen molar-refractivity contribution in [2.24, 2.45) is 11.7 Å². The van der Waals surface area contributed by atoms with Crippen LogP contribution in [0.4, 0.5) is 23.2 Å². The molecule has 0 aliphatic heterocycles. The second-order valence-electron chi connectivity index (χ2n) is 4.57. The van der Waals surface area contributed by atoms with Crippen LogP contribution in [0.5, 0.6) is 0 Å². The minimum absolute atomic E-state index is 0.0547. The van der Waals surface area contributed by atoms with Crippen molar-refractivity contribution in [2.75, 3.05) is 11.9 Å². The van der Waals surface area contributed by atoms with Crippen LogP contribution in [0.3, 0.4) is 0 Å². The van der Waals surface area contributed by atoms with Gasteiger partial charge in [0.25, 0.3) is 0 Å². The molecule has 1 atom stereocenters. The second kappa shape index (κ2) is 4.76. The van der Waals surface area contributed by atoms with E-state index in [4.69, 9.17) is 5.73 Å². The van der Waals surface area contributed by atoms with Crippen molar-refractivity contribution >= 4 is 5.69 Å². The molecule has 1 aliphatic rings. The van der Waals surface area contributed by atoms with Crippen LogP contribution in [0.2, 0.25) is 0 Å². The Hall–Kier alpha value is -1.30. The number of benzene rings is 1. The van der Waals surface area contributed by atoms with Crippen LogP contribution in [0, 0.1) is 11.7 Å². The summed E-state index contributed by atoms with van der Waals surface area (Å²) < 4.78 is 50.4. The first-order valence-corrected chi connectivity index (χ1v) is 5.74. The average Bonchev–Trinajstić information content (AvgIpc) is 3.09. The molecule has 1 aromatic carbocycles. The molecule has 1 unspecified atom stereocenters. The summed E-state index contributed by atoms with van der Waals surface area (Å²) in [5.41, 5.74) is 4.88. The molecule has 0 spiro atoms. The monoisotopic (exact) mass is 262 g/mol. The Morgan fingerprint density at radius 2 is 2.00 bits per heavy atom. The quantitative estimate of drug-likeness (QED) is 0.819. The molecule has 3 N–H and O–H groups in total. The Balaban J connectivity index is 2.00. The first-order valence-electron chi connectivity index (χ1n) is 5.74. The van der Waals surface area contributed by atoms with E-state index in [9.17, 15) is 17.6 Å². The summed E-state index contributed by atoms with van der Waals surface area (Å²) in [6.45, 7) is 0.368. The van der Waals surface area contributed by atoms with E-state index in [0.717, 1.165) is 25.0 Å². The van der Waals surface area contributed by atoms with Gasteiger partial charge in [-0.3, -0.25) is 0 Å². The smallest absolute Gasteiger partial charge is 0.381 e. The molecule has 18 heavy (non-hydrogen) atoms. The Kier molecular flexibility index (Phi) is 3.47. The topological polar surface area (TPSA) is 38.0 Å². The van der Waals surface area contributed by atoms with E-state index in [1.54, 1.807) is 0 Å². The van der Waals surface area contributed by atoms with Gasteiger partial charge < -0.3 is 11.1 Å². The Bertz CT molecular complexity index is 427. The molecular formula is C12H14F4N2. The number of halogens is 4. The number of alkyl halides is 3. The largest absolute Gasteiger partial charge is 0.416 e. The van der Waals surface area contributed by atoms with Crippen molar-refractivity contribution < 1.29 is 17.6 Å². The predicted octanol–water partition coefficient (Wildman–Crippen LogP) is 2.99. The van der Waals surface area contributed by atoms with E-state index in [1.807, 2.05) is 0 Å². The summed E-state index contributed by atoms with van der Waals surface area (Å²) in [5, 5.41) is 2.75. The second-order valence-corrected chi connectivity index (χ2v) is 4.57. The molecule has 1 saturated carbocycles. The summed E-state index contributed by atoms with van der Waals surface area (Å²) in [7, 11) is 0. The number of nitrogens with two attached hydrogens (primary N) is 1. The maximum atomic E-state index is 13.4. The minimum atomic E-state index is -4.52. The summed E-state index contributed by atoms with van der Waals surface area (Å²) in [6.07, 6.45) is -2.39. The lowest BCUT2D eigenvalue weighted by molar-refractivity contribution is -0.137. The van der Waals surface area contributed by atoms with Crippen molar-refractivity contribution in [3.8, 4) is 0 Å². The van der Waals surface area contributed by atoms with Gasteiger partial charge in [-0.15, -0.1) is 0 Å². The lowest BCUT2D eigenvalue weighted by Gasteiger charge is -2.14. The number of rotatable bonds is 4. The van der Waals surface area contributed by atoms with Gasteiger partial charge in [0.2, 0.25) is 0 Å². The third-order valence-electron chi connectivity index (χ3n) is 3.05. The highest BCUT2D eigenvalue weighted by Crippen LogP contribution is 2.33. The molecule has 0 aromatic heterocycles. The van der Waals surface area contributed by atoms with E-state index in [0.29, 0.717) is 18.5 Å². The van der Waals surface area contributed by atoms with Gasteiger partial charge in [0.1, 0.15) is 5.82 Å². The molecule has 0 heterocycles. The molecule has 2 rings (SSSR count). The lowest BCUT2D eigenvalue weighted by atomic mass is 10.1. The molecule has 1 fully saturated rings. The fourth-order valence-electron chi connectivity index (χ4n) is 1.75. The van der Waals surface area contributed by atoms with Crippen LogP contribution >= 0.6 is 0 Å². The molecule has 6 heteroatoms. The normalized spacial score (nSPS) is 17.6. The minimum Gasteiger partial charge on any atom is -0.381 e. The van der Waals surface area contributed by atoms with Crippen molar-refractivity contribution in [1.29, 1.82) is 0 Å². The first kappa shape index (κ1) is 13.1. The van der Waals surface area contributed by atoms with Crippen molar-refractivity contribution in [3.05, 3.63) is 29.6 Å². The summed E-state index contributed by atoms with van der Waals surface area (Å²) in [4.78, 5) is 0. The zero-order valence-electron chi connectivity index (χ0n) is 9.60. The van der Waals surface area contributed by atoms with Gasteiger partial charge in [0.15, 0.2) is 0 Å². The first-order chi connectivity index (χ1) is 8.38. The Labute approximate surface area is 102 Å². The van der Waals surface area contributed by atoms with Crippen LogP contribution in [0.15, 0.2) is 18.2 Å². The highest BCUT2D eigenvalue weighted by atomic mass is 19.4. The summed E-state index contributed by atoms with van der Waals surface area (Å²) in [6, 6.07) is 2.36. The van der Waals surface area contributed by atoms with E-state index in [2.05, 4.69) is 5.32 Å². The van der Waals surface area contributed by atoms with Gasteiger partial charge in [0.05, 0.1) is 11.3 Å². The lowest BCUT2D eigenvalue weighted by Crippen LogP contribution is -2.31. The predicted molar refractivity (Wildman–Crippen MR) is 60.6 cm³/mol. The summed E-state index contributed by atoms with van der Waals surface area (Å²) >= 11 is 0. The van der Waals surface area contributed by atoms with E-state index in [1.165, 1.54) is 0 Å². The molecule has 0 amide bonds. The van der Waals surface area contributed by atoms with Gasteiger partial charge in [-0.1, -0.05) is 0 Å². The van der Waals surface area contributed by atoms with Gasteiger partial charge in [0, 0.05) is 12.6 Å². The van der Waals surface area contributed by atoms with Crippen LogP contribution in [0.25, 0.3) is 0 Å². The third-order valence-corrected chi connectivity index (χ3v) is 3.05. The molecule has 2 nitrogen and oxygen atoms in total. The van der Waals surface area contributed by atoms with E-state index in [-0.39, 0.29) is 11.7 Å². The number of hydrogen-bond donors (Lipinski definition) is 2. The van der Waals surface area contributed by atoms with Crippen LogP contribution in [0.1, 0.15) is 18.4 Å². The number of anilines is 1. The van der Waals surface area contributed by atoms with Gasteiger partial charge in [-0.2, -0.15) is 13.2 Å². The Morgan fingerprint density at radius 1 is 1.33 bits per heavy atom. The fraction of sp³-hybridized carbons (Fsp3) is 0.500.